The quantitative estimate of drug-likeness (QED) is 0.230. The number of carboxylic acids is 1. The van der Waals surface area contributed by atoms with E-state index in [1.807, 2.05) is 72.3 Å². The summed E-state index contributed by atoms with van der Waals surface area (Å²) in [5, 5.41) is 9.10. The Bertz CT molecular complexity index is 1310. The van der Waals surface area contributed by atoms with Crippen LogP contribution in [0.2, 0.25) is 0 Å². The van der Waals surface area contributed by atoms with E-state index in [0.29, 0.717) is 24.5 Å². The monoisotopic (exact) mass is 608 g/mol. The Kier molecular flexibility index (Phi) is 9.22. The summed E-state index contributed by atoms with van der Waals surface area (Å²) in [6, 6.07) is 19.3. The number of fused-ring (bicyclic) bond motifs is 1. The van der Waals surface area contributed by atoms with Gasteiger partial charge in [-0.15, -0.1) is 12.4 Å². The van der Waals surface area contributed by atoms with E-state index in [2.05, 4.69) is 27.6 Å². The first-order chi connectivity index (χ1) is 16.4. The normalized spacial score (nSPS) is 10.6. The van der Waals surface area contributed by atoms with Gasteiger partial charge in [-0.25, -0.2) is 4.98 Å². The predicted molar refractivity (Wildman–Crippen MR) is 145 cm³/mol. The zero-order valence-electron chi connectivity index (χ0n) is 19.4. The Morgan fingerprint density at radius 2 is 1.74 bits per heavy atom. The first-order valence-corrected chi connectivity index (χ1v) is 11.8. The highest BCUT2D eigenvalue weighted by Gasteiger charge is 2.12. The Morgan fingerprint density at radius 1 is 1.00 bits per heavy atom. The molecule has 0 aliphatic rings. The minimum atomic E-state index is -0.845. The van der Waals surface area contributed by atoms with Gasteiger partial charge in [0, 0.05) is 29.2 Å². The van der Waals surface area contributed by atoms with E-state index in [1.54, 1.807) is 7.11 Å². The van der Waals surface area contributed by atoms with E-state index in [0.717, 1.165) is 37.3 Å². The average Bonchev–Trinajstić information content (AvgIpc) is 3.16. The molecular weight excluding hydrogens is 583 g/mol. The molecule has 1 aromatic heterocycles. The van der Waals surface area contributed by atoms with Crippen molar-refractivity contribution in [1.82, 2.24) is 9.55 Å². The number of carboxylic acid groups (broad SMARTS) is 1. The fourth-order valence-corrected chi connectivity index (χ4v) is 3.93. The standard InChI is InChI=1S/C26H25IN2O5.ClH/c1-29-23-13-20(32-2)10-11-22(23)28-25(29)16-33-21-9-5-18(6-12-26(30)31)24(14-21)34-15-17-3-7-19(27)8-4-17;/h3-5,7-11,13-14H,6,12,15-16H2,1-2H3,(H,30,31);1H. The minimum absolute atomic E-state index is 0. The number of aromatic nitrogens is 2. The van der Waals surface area contributed by atoms with Crippen LogP contribution in [-0.4, -0.2) is 27.7 Å². The third-order valence-electron chi connectivity index (χ3n) is 5.50. The van der Waals surface area contributed by atoms with Crippen LogP contribution in [-0.2, 0) is 31.5 Å². The van der Waals surface area contributed by atoms with Crippen molar-refractivity contribution in [2.24, 2.45) is 7.05 Å². The van der Waals surface area contributed by atoms with Gasteiger partial charge in [0.1, 0.15) is 36.3 Å². The molecule has 3 aromatic carbocycles. The molecule has 0 unspecified atom stereocenters. The number of ether oxygens (including phenoxy) is 3. The molecule has 35 heavy (non-hydrogen) atoms. The molecule has 9 heteroatoms. The zero-order valence-corrected chi connectivity index (χ0v) is 22.3. The zero-order chi connectivity index (χ0) is 24.1. The van der Waals surface area contributed by atoms with Gasteiger partial charge in [-0.1, -0.05) is 18.2 Å². The Balaban J connectivity index is 0.00000342. The summed E-state index contributed by atoms with van der Waals surface area (Å²) >= 11 is 2.26. The summed E-state index contributed by atoms with van der Waals surface area (Å²) < 4.78 is 20.6. The van der Waals surface area contributed by atoms with Crippen LogP contribution in [0.25, 0.3) is 11.0 Å². The highest BCUT2D eigenvalue weighted by molar-refractivity contribution is 14.1. The second kappa shape index (κ2) is 12.1. The van der Waals surface area contributed by atoms with Gasteiger partial charge in [0.25, 0.3) is 0 Å². The van der Waals surface area contributed by atoms with E-state index in [4.69, 9.17) is 19.3 Å². The molecule has 4 aromatic rings. The molecule has 0 saturated heterocycles. The molecule has 1 heterocycles. The topological polar surface area (TPSA) is 82.8 Å². The lowest BCUT2D eigenvalue weighted by Gasteiger charge is -2.14. The van der Waals surface area contributed by atoms with Gasteiger partial charge >= 0.3 is 5.97 Å². The number of benzene rings is 3. The molecule has 0 fully saturated rings. The number of imidazole rings is 1. The van der Waals surface area contributed by atoms with Crippen LogP contribution in [0.4, 0.5) is 0 Å². The number of methoxy groups -OCH3 is 1. The number of aryl methyl sites for hydroxylation is 2. The molecule has 0 bridgehead atoms. The van der Waals surface area contributed by atoms with E-state index in [9.17, 15) is 4.79 Å². The maximum atomic E-state index is 11.1. The van der Waals surface area contributed by atoms with Crippen LogP contribution < -0.4 is 14.2 Å². The number of hydrogen-bond donors (Lipinski definition) is 1. The van der Waals surface area contributed by atoms with E-state index >= 15 is 0 Å². The number of rotatable bonds is 10. The van der Waals surface area contributed by atoms with E-state index in [-0.39, 0.29) is 25.4 Å². The maximum absolute atomic E-state index is 11.1. The lowest BCUT2D eigenvalue weighted by molar-refractivity contribution is -0.136. The highest BCUT2D eigenvalue weighted by atomic mass is 127. The van der Waals surface area contributed by atoms with Crippen LogP contribution in [0.5, 0.6) is 17.2 Å². The van der Waals surface area contributed by atoms with Crippen molar-refractivity contribution >= 4 is 52.0 Å². The van der Waals surface area contributed by atoms with Gasteiger partial charge in [-0.2, -0.15) is 0 Å². The van der Waals surface area contributed by atoms with Gasteiger partial charge in [0.05, 0.1) is 18.1 Å². The molecule has 0 saturated carbocycles. The molecule has 0 aliphatic carbocycles. The number of carbonyl (C=O) groups is 1. The van der Waals surface area contributed by atoms with Crippen molar-refractivity contribution in [2.45, 2.75) is 26.1 Å². The third kappa shape index (κ3) is 6.79. The van der Waals surface area contributed by atoms with Crippen molar-refractivity contribution in [1.29, 1.82) is 0 Å². The fourth-order valence-electron chi connectivity index (χ4n) is 3.57. The van der Waals surface area contributed by atoms with Gasteiger partial charge in [0.2, 0.25) is 0 Å². The molecule has 0 spiro atoms. The lowest BCUT2D eigenvalue weighted by Crippen LogP contribution is -2.05. The fraction of sp³-hybridized carbons (Fsp3) is 0.231. The van der Waals surface area contributed by atoms with Crippen LogP contribution in [0.15, 0.2) is 60.7 Å². The number of aliphatic carboxylic acids is 1. The second-order valence-corrected chi connectivity index (χ2v) is 9.05. The van der Waals surface area contributed by atoms with Crippen LogP contribution in [0.1, 0.15) is 23.4 Å². The third-order valence-corrected chi connectivity index (χ3v) is 6.22. The van der Waals surface area contributed by atoms with Gasteiger partial charge in [-0.05, 0) is 70.5 Å². The van der Waals surface area contributed by atoms with Crippen molar-refractivity contribution in [3.8, 4) is 17.2 Å². The lowest BCUT2D eigenvalue weighted by atomic mass is 10.1. The molecular formula is C26H26ClIN2O5. The van der Waals surface area contributed by atoms with E-state index in [1.165, 1.54) is 0 Å². The summed E-state index contributed by atoms with van der Waals surface area (Å²) in [5.41, 5.74) is 3.69. The van der Waals surface area contributed by atoms with Crippen molar-refractivity contribution < 1.29 is 24.1 Å². The Labute approximate surface area is 223 Å². The Hall–Kier alpha value is -2.98. The van der Waals surface area contributed by atoms with Gasteiger partial charge < -0.3 is 23.9 Å². The first kappa shape index (κ1) is 26.6. The van der Waals surface area contributed by atoms with Crippen LogP contribution in [0.3, 0.4) is 0 Å². The molecule has 7 nitrogen and oxygen atoms in total. The van der Waals surface area contributed by atoms with Crippen molar-refractivity contribution in [3.05, 3.63) is 81.2 Å². The molecule has 4 rings (SSSR count). The summed E-state index contributed by atoms with van der Waals surface area (Å²) in [5.74, 6) is 1.95. The molecule has 184 valence electrons. The summed E-state index contributed by atoms with van der Waals surface area (Å²) in [6.07, 6.45) is 0.410. The number of halogens is 2. The summed E-state index contributed by atoms with van der Waals surface area (Å²) in [4.78, 5) is 15.7. The van der Waals surface area contributed by atoms with Crippen LogP contribution >= 0.6 is 35.0 Å². The summed E-state index contributed by atoms with van der Waals surface area (Å²) in [6.45, 7) is 0.658. The van der Waals surface area contributed by atoms with E-state index < -0.39 is 5.97 Å². The largest absolute Gasteiger partial charge is 0.497 e. The average molecular weight is 609 g/mol. The maximum Gasteiger partial charge on any atom is 0.303 e. The van der Waals surface area contributed by atoms with Crippen molar-refractivity contribution in [2.75, 3.05) is 7.11 Å². The number of nitrogens with zero attached hydrogens (tertiary/aromatic N) is 2. The minimum Gasteiger partial charge on any atom is -0.497 e. The molecule has 0 aliphatic heterocycles. The molecule has 0 radical (unpaired) electrons. The first-order valence-electron chi connectivity index (χ1n) is 10.8. The van der Waals surface area contributed by atoms with Crippen LogP contribution in [0, 0.1) is 3.57 Å². The van der Waals surface area contributed by atoms with Gasteiger partial charge in [-0.3, -0.25) is 4.79 Å². The Morgan fingerprint density at radius 3 is 2.46 bits per heavy atom. The molecule has 1 N–H and O–H groups in total. The summed E-state index contributed by atoms with van der Waals surface area (Å²) in [7, 11) is 3.58. The number of hydrogen-bond acceptors (Lipinski definition) is 5. The SMILES string of the molecule is COc1ccc2nc(COc3ccc(CCC(=O)O)c(OCc4ccc(I)cc4)c3)n(C)c2c1.Cl. The second-order valence-electron chi connectivity index (χ2n) is 7.81. The highest BCUT2D eigenvalue weighted by Crippen LogP contribution is 2.28. The smallest absolute Gasteiger partial charge is 0.303 e. The predicted octanol–water partition coefficient (Wildman–Crippen LogP) is 5.78. The van der Waals surface area contributed by atoms with Gasteiger partial charge in [0.15, 0.2) is 0 Å². The molecule has 0 amide bonds. The van der Waals surface area contributed by atoms with Crippen molar-refractivity contribution in [3.63, 3.8) is 0 Å². The molecule has 0 atom stereocenters.